The minimum Gasteiger partial charge on any atom is -0.294 e. The van der Waals surface area contributed by atoms with Crippen LogP contribution < -0.4 is 0 Å². The van der Waals surface area contributed by atoms with Crippen LogP contribution in [0.25, 0.3) is 5.78 Å². The molecule has 0 bridgehead atoms. The number of pyridine rings is 1. The van der Waals surface area contributed by atoms with E-state index in [0.717, 1.165) is 29.4 Å². The Balaban J connectivity index is 1.87. The summed E-state index contributed by atoms with van der Waals surface area (Å²) in [4.78, 5) is 15.4. The summed E-state index contributed by atoms with van der Waals surface area (Å²) < 4.78 is 2.12. The Bertz CT molecular complexity index is 778. The second-order valence-electron chi connectivity index (χ2n) is 5.80. The van der Waals surface area contributed by atoms with Crippen molar-refractivity contribution in [1.29, 1.82) is 0 Å². The van der Waals surface area contributed by atoms with E-state index in [1.807, 2.05) is 25.4 Å². The SMILES string of the molecule is Cc1cc(C)n2c(CN(C)[C@@H](C)c3cccnc3)cnc2n1. The molecule has 3 rings (SSSR count). The van der Waals surface area contributed by atoms with E-state index in [1.165, 1.54) is 5.56 Å². The first-order valence-corrected chi connectivity index (χ1v) is 7.47. The molecule has 0 unspecified atom stereocenters. The Morgan fingerprint density at radius 2 is 2.09 bits per heavy atom. The summed E-state index contributed by atoms with van der Waals surface area (Å²) >= 11 is 0. The zero-order valence-electron chi connectivity index (χ0n) is 13.5. The van der Waals surface area contributed by atoms with Gasteiger partial charge in [0.25, 0.3) is 0 Å². The standard InChI is InChI=1S/C17H21N5/c1-12-8-13(2)22-16(10-19-17(22)20-12)11-21(4)14(3)15-6-5-7-18-9-15/h5-10,14H,11H2,1-4H3/t14-/m0/s1. The maximum Gasteiger partial charge on any atom is 0.234 e. The monoisotopic (exact) mass is 295 g/mol. The molecule has 22 heavy (non-hydrogen) atoms. The molecule has 0 aliphatic heterocycles. The lowest BCUT2D eigenvalue weighted by Gasteiger charge is -2.24. The zero-order chi connectivity index (χ0) is 15.7. The molecule has 3 heterocycles. The van der Waals surface area contributed by atoms with Crippen LogP contribution in [0.3, 0.4) is 0 Å². The summed E-state index contributed by atoms with van der Waals surface area (Å²) in [6.07, 6.45) is 5.64. The largest absolute Gasteiger partial charge is 0.294 e. The first-order valence-electron chi connectivity index (χ1n) is 7.47. The summed E-state index contributed by atoms with van der Waals surface area (Å²) in [6, 6.07) is 6.46. The quantitative estimate of drug-likeness (QED) is 0.742. The third kappa shape index (κ3) is 2.72. The number of nitrogens with zero attached hydrogens (tertiary/aromatic N) is 5. The topological polar surface area (TPSA) is 46.3 Å². The Labute approximate surface area is 130 Å². The van der Waals surface area contributed by atoms with Crippen LogP contribution in [0.1, 0.15) is 35.6 Å². The van der Waals surface area contributed by atoms with E-state index in [4.69, 9.17) is 0 Å². The number of imidazole rings is 1. The van der Waals surface area contributed by atoms with Crippen LogP contribution in [-0.4, -0.2) is 31.3 Å². The van der Waals surface area contributed by atoms with Crippen molar-refractivity contribution in [1.82, 2.24) is 24.3 Å². The second kappa shape index (κ2) is 5.85. The minimum absolute atomic E-state index is 0.290. The minimum atomic E-state index is 0.290. The maximum atomic E-state index is 4.49. The van der Waals surface area contributed by atoms with E-state index in [0.29, 0.717) is 0 Å². The highest BCUT2D eigenvalue weighted by molar-refractivity contribution is 5.35. The van der Waals surface area contributed by atoms with E-state index in [2.05, 4.69) is 57.3 Å². The van der Waals surface area contributed by atoms with Crippen LogP contribution in [0, 0.1) is 13.8 Å². The van der Waals surface area contributed by atoms with Crippen molar-refractivity contribution in [2.75, 3.05) is 7.05 Å². The molecule has 0 saturated carbocycles. The number of rotatable bonds is 4. The molecule has 0 aromatic carbocycles. The number of hydrogen-bond donors (Lipinski definition) is 0. The Hall–Kier alpha value is -2.27. The normalized spacial score (nSPS) is 13.0. The van der Waals surface area contributed by atoms with Crippen LogP contribution in [0.2, 0.25) is 0 Å². The molecule has 0 aliphatic rings. The van der Waals surface area contributed by atoms with Gasteiger partial charge in [0.1, 0.15) is 0 Å². The summed E-state index contributed by atoms with van der Waals surface area (Å²) in [5.41, 5.74) is 4.53. The van der Waals surface area contributed by atoms with Crippen molar-refractivity contribution < 1.29 is 0 Å². The van der Waals surface area contributed by atoms with Crippen LogP contribution in [-0.2, 0) is 6.54 Å². The fraction of sp³-hybridized carbons (Fsp3) is 0.353. The van der Waals surface area contributed by atoms with E-state index < -0.39 is 0 Å². The number of aromatic nitrogens is 4. The van der Waals surface area contributed by atoms with Crippen molar-refractivity contribution in [2.45, 2.75) is 33.4 Å². The Kier molecular flexibility index (Phi) is 3.90. The van der Waals surface area contributed by atoms with Gasteiger partial charge in [0.2, 0.25) is 5.78 Å². The molecule has 0 spiro atoms. The lowest BCUT2D eigenvalue weighted by atomic mass is 10.1. The zero-order valence-corrected chi connectivity index (χ0v) is 13.5. The van der Waals surface area contributed by atoms with Gasteiger partial charge in [0.15, 0.2) is 0 Å². The smallest absolute Gasteiger partial charge is 0.234 e. The van der Waals surface area contributed by atoms with Crippen molar-refractivity contribution >= 4 is 5.78 Å². The fourth-order valence-electron chi connectivity index (χ4n) is 2.78. The molecular weight excluding hydrogens is 274 g/mol. The van der Waals surface area contributed by atoms with Gasteiger partial charge in [-0.25, -0.2) is 9.97 Å². The maximum absolute atomic E-state index is 4.49. The molecule has 5 nitrogen and oxygen atoms in total. The van der Waals surface area contributed by atoms with E-state index >= 15 is 0 Å². The third-order valence-electron chi connectivity index (χ3n) is 4.10. The van der Waals surface area contributed by atoms with Crippen molar-refractivity contribution in [2.24, 2.45) is 0 Å². The highest BCUT2D eigenvalue weighted by atomic mass is 15.2. The van der Waals surface area contributed by atoms with E-state index in [9.17, 15) is 0 Å². The van der Waals surface area contributed by atoms with Gasteiger partial charge in [-0.3, -0.25) is 14.3 Å². The average Bonchev–Trinajstić information content (AvgIpc) is 2.90. The lowest BCUT2D eigenvalue weighted by molar-refractivity contribution is 0.249. The van der Waals surface area contributed by atoms with Crippen molar-refractivity contribution in [3.05, 3.63) is 59.4 Å². The van der Waals surface area contributed by atoms with Gasteiger partial charge >= 0.3 is 0 Å². The molecule has 5 heteroatoms. The molecule has 3 aromatic rings. The van der Waals surface area contributed by atoms with Crippen LogP contribution >= 0.6 is 0 Å². The average molecular weight is 295 g/mol. The van der Waals surface area contributed by atoms with Gasteiger partial charge in [-0.2, -0.15) is 0 Å². The number of fused-ring (bicyclic) bond motifs is 1. The molecule has 114 valence electrons. The van der Waals surface area contributed by atoms with Gasteiger partial charge in [-0.15, -0.1) is 0 Å². The third-order valence-corrected chi connectivity index (χ3v) is 4.10. The molecule has 0 amide bonds. The van der Waals surface area contributed by atoms with Crippen molar-refractivity contribution in [3.8, 4) is 0 Å². The molecule has 0 aliphatic carbocycles. The predicted octanol–water partition coefficient (Wildman–Crippen LogP) is 2.93. The van der Waals surface area contributed by atoms with Gasteiger partial charge in [0, 0.05) is 36.4 Å². The van der Waals surface area contributed by atoms with Crippen LogP contribution in [0.15, 0.2) is 36.8 Å². The molecular formula is C17H21N5. The highest BCUT2D eigenvalue weighted by Gasteiger charge is 2.15. The predicted molar refractivity (Wildman–Crippen MR) is 86.6 cm³/mol. The van der Waals surface area contributed by atoms with E-state index in [1.54, 1.807) is 6.20 Å². The molecule has 0 radical (unpaired) electrons. The molecule has 0 fully saturated rings. The first-order chi connectivity index (χ1) is 10.6. The van der Waals surface area contributed by atoms with Gasteiger partial charge in [-0.05, 0) is 45.5 Å². The molecule has 0 saturated heterocycles. The Morgan fingerprint density at radius 3 is 2.82 bits per heavy atom. The number of hydrogen-bond acceptors (Lipinski definition) is 4. The lowest BCUT2D eigenvalue weighted by Crippen LogP contribution is -2.23. The summed E-state index contributed by atoms with van der Waals surface area (Å²) in [5, 5.41) is 0. The summed E-state index contributed by atoms with van der Waals surface area (Å²) in [6.45, 7) is 7.09. The number of aryl methyl sites for hydroxylation is 2. The fourth-order valence-corrected chi connectivity index (χ4v) is 2.78. The van der Waals surface area contributed by atoms with Crippen molar-refractivity contribution in [3.63, 3.8) is 0 Å². The van der Waals surface area contributed by atoms with Gasteiger partial charge in [0.05, 0.1) is 11.9 Å². The molecule has 3 aromatic heterocycles. The van der Waals surface area contributed by atoms with E-state index in [-0.39, 0.29) is 6.04 Å². The van der Waals surface area contributed by atoms with Gasteiger partial charge in [-0.1, -0.05) is 6.07 Å². The van der Waals surface area contributed by atoms with Crippen LogP contribution in [0.4, 0.5) is 0 Å². The highest BCUT2D eigenvalue weighted by Crippen LogP contribution is 2.20. The summed E-state index contributed by atoms with van der Waals surface area (Å²) in [7, 11) is 2.12. The Morgan fingerprint density at radius 1 is 1.27 bits per heavy atom. The van der Waals surface area contributed by atoms with Crippen LogP contribution in [0.5, 0.6) is 0 Å². The second-order valence-corrected chi connectivity index (χ2v) is 5.80. The molecule has 0 N–H and O–H groups in total. The summed E-state index contributed by atoms with van der Waals surface area (Å²) in [5.74, 6) is 0.773. The first kappa shape index (κ1) is 14.7. The van der Waals surface area contributed by atoms with Gasteiger partial charge < -0.3 is 0 Å². The molecule has 1 atom stereocenters.